The zero-order valence-electron chi connectivity index (χ0n) is 9.89. The van der Waals surface area contributed by atoms with Crippen LogP contribution in [0, 0.1) is 6.92 Å². The Morgan fingerprint density at radius 1 is 1.18 bits per heavy atom. The van der Waals surface area contributed by atoms with Crippen LogP contribution in [0.15, 0.2) is 46.9 Å². The van der Waals surface area contributed by atoms with E-state index in [0.29, 0.717) is 13.1 Å². The third-order valence-electron chi connectivity index (χ3n) is 2.62. The van der Waals surface area contributed by atoms with Gasteiger partial charge in [0.05, 0.1) is 12.6 Å². The van der Waals surface area contributed by atoms with Gasteiger partial charge >= 0.3 is 0 Å². The molecule has 0 aliphatic heterocycles. The Balaban J connectivity index is 1.79. The van der Waals surface area contributed by atoms with Gasteiger partial charge in [-0.25, -0.2) is 0 Å². The van der Waals surface area contributed by atoms with Crippen molar-refractivity contribution >= 4 is 0 Å². The number of hydrogen-bond acceptors (Lipinski definition) is 3. The van der Waals surface area contributed by atoms with Crippen LogP contribution < -0.4 is 5.32 Å². The van der Waals surface area contributed by atoms with Gasteiger partial charge in [0.2, 0.25) is 0 Å². The number of hydrogen-bond donors (Lipinski definition) is 2. The summed E-state index contributed by atoms with van der Waals surface area (Å²) in [6, 6.07) is 13.5. The van der Waals surface area contributed by atoms with Gasteiger partial charge in [0, 0.05) is 6.54 Å². The highest BCUT2D eigenvalue weighted by molar-refractivity contribution is 5.17. The molecule has 90 valence electrons. The van der Waals surface area contributed by atoms with Crippen molar-refractivity contribution in [3.8, 4) is 0 Å². The predicted molar refractivity (Wildman–Crippen MR) is 66.6 cm³/mol. The van der Waals surface area contributed by atoms with Crippen molar-refractivity contribution < 1.29 is 9.52 Å². The minimum atomic E-state index is -0.479. The van der Waals surface area contributed by atoms with Gasteiger partial charge in [-0.15, -0.1) is 0 Å². The molecule has 0 spiro atoms. The first-order valence-corrected chi connectivity index (χ1v) is 5.75. The lowest BCUT2D eigenvalue weighted by atomic mass is 10.1. The molecule has 0 aliphatic carbocycles. The molecule has 0 saturated heterocycles. The number of aliphatic hydroxyl groups is 1. The summed E-state index contributed by atoms with van der Waals surface area (Å²) in [6.07, 6.45) is -0.479. The van der Waals surface area contributed by atoms with E-state index < -0.39 is 6.10 Å². The standard InChI is InChI=1S/C14H17NO2/c1-11-7-8-13(17-11)9-15-10-14(16)12-5-3-2-4-6-12/h2-8,14-16H,9-10H2,1H3. The predicted octanol–water partition coefficient (Wildman–Crippen LogP) is 2.41. The summed E-state index contributed by atoms with van der Waals surface area (Å²) in [5.41, 5.74) is 0.927. The number of benzene rings is 1. The normalized spacial score (nSPS) is 12.6. The summed E-state index contributed by atoms with van der Waals surface area (Å²) in [7, 11) is 0. The molecule has 1 unspecified atom stereocenters. The number of rotatable bonds is 5. The SMILES string of the molecule is Cc1ccc(CNCC(O)c2ccccc2)o1. The first-order chi connectivity index (χ1) is 8.25. The molecule has 2 aromatic rings. The maximum atomic E-state index is 9.91. The van der Waals surface area contributed by atoms with Crippen LogP contribution in [-0.2, 0) is 6.54 Å². The Labute approximate surface area is 101 Å². The summed E-state index contributed by atoms with van der Waals surface area (Å²) >= 11 is 0. The molecule has 1 aromatic heterocycles. The fourth-order valence-corrected chi connectivity index (χ4v) is 1.71. The van der Waals surface area contributed by atoms with Crippen LogP contribution in [0.3, 0.4) is 0 Å². The van der Waals surface area contributed by atoms with E-state index in [9.17, 15) is 5.11 Å². The number of aryl methyl sites for hydroxylation is 1. The van der Waals surface area contributed by atoms with Crippen LogP contribution in [0.4, 0.5) is 0 Å². The van der Waals surface area contributed by atoms with Crippen LogP contribution in [0.1, 0.15) is 23.2 Å². The second-order valence-electron chi connectivity index (χ2n) is 4.07. The van der Waals surface area contributed by atoms with Gasteiger partial charge < -0.3 is 14.8 Å². The molecule has 0 saturated carbocycles. The summed E-state index contributed by atoms with van der Waals surface area (Å²) < 4.78 is 5.43. The second-order valence-corrected chi connectivity index (χ2v) is 4.07. The first-order valence-electron chi connectivity index (χ1n) is 5.75. The smallest absolute Gasteiger partial charge is 0.117 e. The van der Waals surface area contributed by atoms with Crippen LogP contribution in [0.2, 0.25) is 0 Å². The summed E-state index contributed by atoms with van der Waals surface area (Å²) in [6.45, 7) is 3.07. The summed E-state index contributed by atoms with van der Waals surface area (Å²) in [5, 5.41) is 13.1. The monoisotopic (exact) mass is 231 g/mol. The molecule has 1 aromatic carbocycles. The van der Waals surface area contributed by atoms with E-state index in [1.165, 1.54) is 0 Å². The Bertz CT molecular complexity index is 450. The molecule has 0 amide bonds. The highest BCUT2D eigenvalue weighted by Gasteiger charge is 2.06. The average molecular weight is 231 g/mol. The fraction of sp³-hybridized carbons (Fsp3) is 0.286. The van der Waals surface area contributed by atoms with Gasteiger partial charge in [-0.3, -0.25) is 0 Å². The molecule has 0 bridgehead atoms. The van der Waals surface area contributed by atoms with E-state index in [1.807, 2.05) is 49.4 Å². The lowest BCUT2D eigenvalue weighted by molar-refractivity contribution is 0.173. The molecule has 2 rings (SSSR count). The van der Waals surface area contributed by atoms with E-state index in [2.05, 4.69) is 5.32 Å². The van der Waals surface area contributed by atoms with Crippen molar-refractivity contribution in [2.75, 3.05) is 6.54 Å². The molecule has 1 atom stereocenters. The Morgan fingerprint density at radius 2 is 1.94 bits per heavy atom. The topological polar surface area (TPSA) is 45.4 Å². The van der Waals surface area contributed by atoms with Gasteiger partial charge in [-0.1, -0.05) is 30.3 Å². The molecule has 1 heterocycles. The van der Waals surface area contributed by atoms with Crippen molar-refractivity contribution in [3.05, 3.63) is 59.5 Å². The maximum Gasteiger partial charge on any atom is 0.117 e. The molecule has 3 nitrogen and oxygen atoms in total. The minimum absolute atomic E-state index is 0.479. The molecule has 0 fully saturated rings. The highest BCUT2D eigenvalue weighted by Crippen LogP contribution is 2.11. The van der Waals surface area contributed by atoms with Crippen LogP contribution in [0.25, 0.3) is 0 Å². The Hall–Kier alpha value is -1.58. The molecular weight excluding hydrogens is 214 g/mol. The van der Waals surface area contributed by atoms with E-state index >= 15 is 0 Å². The molecule has 17 heavy (non-hydrogen) atoms. The van der Waals surface area contributed by atoms with Gasteiger partial charge in [-0.05, 0) is 24.6 Å². The lowest BCUT2D eigenvalue weighted by Crippen LogP contribution is -2.20. The van der Waals surface area contributed by atoms with E-state index in [4.69, 9.17) is 4.42 Å². The van der Waals surface area contributed by atoms with Gasteiger partial charge in [0.1, 0.15) is 11.5 Å². The van der Waals surface area contributed by atoms with Crippen molar-refractivity contribution in [1.82, 2.24) is 5.32 Å². The number of aliphatic hydroxyl groups excluding tert-OH is 1. The second kappa shape index (κ2) is 5.66. The Morgan fingerprint density at radius 3 is 2.59 bits per heavy atom. The van der Waals surface area contributed by atoms with Gasteiger partial charge in [0.25, 0.3) is 0 Å². The van der Waals surface area contributed by atoms with Gasteiger partial charge in [0.15, 0.2) is 0 Å². The molecule has 0 radical (unpaired) electrons. The molecule has 0 aliphatic rings. The largest absolute Gasteiger partial charge is 0.465 e. The summed E-state index contributed by atoms with van der Waals surface area (Å²) in [5.74, 6) is 1.80. The molecule has 2 N–H and O–H groups in total. The zero-order chi connectivity index (χ0) is 12.1. The van der Waals surface area contributed by atoms with Crippen molar-refractivity contribution in [2.45, 2.75) is 19.6 Å². The minimum Gasteiger partial charge on any atom is -0.465 e. The maximum absolute atomic E-state index is 9.91. The van der Waals surface area contributed by atoms with Crippen LogP contribution >= 0.6 is 0 Å². The van der Waals surface area contributed by atoms with Crippen molar-refractivity contribution in [1.29, 1.82) is 0 Å². The van der Waals surface area contributed by atoms with E-state index in [1.54, 1.807) is 0 Å². The quantitative estimate of drug-likeness (QED) is 0.830. The fourth-order valence-electron chi connectivity index (χ4n) is 1.71. The zero-order valence-corrected chi connectivity index (χ0v) is 9.89. The highest BCUT2D eigenvalue weighted by atomic mass is 16.3. The third kappa shape index (κ3) is 3.44. The van der Waals surface area contributed by atoms with Crippen LogP contribution in [-0.4, -0.2) is 11.7 Å². The first kappa shape index (κ1) is 11.9. The number of nitrogens with one attached hydrogen (secondary N) is 1. The van der Waals surface area contributed by atoms with Crippen molar-refractivity contribution in [3.63, 3.8) is 0 Å². The summed E-state index contributed by atoms with van der Waals surface area (Å²) in [4.78, 5) is 0. The number of furan rings is 1. The van der Waals surface area contributed by atoms with Crippen LogP contribution in [0.5, 0.6) is 0 Å². The third-order valence-corrected chi connectivity index (χ3v) is 2.62. The molecule has 3 heteroatoms. The van der Waals surface area contributed by atoms with Crippen molar-refractivity contribution in [2.24, 2.45) is 0 Å². The van der Waals surface area contributed by atoms with E-state index in [0.717, 1.165) is 17.1 Å². The van der Waals surface area contributed by atoms with E-state index in [-0.39, 0.29) is 0 Å². The molecular formula is C14H17NO2. The Kier molecular flexibility index (Phi) is 3.96. The van der Waals surface area contributed by atoms with Gasteiger partial charge in [-0.2, -0.15) is 0 Å². The average Bonchev–Trinajstić information content (AvgIpc) is 2.76. The lowest BCUT2D eigenvalue weighted by Gasteiger charge is -2.11.